The van der Waals surface area contributed by atoms with Crippen LogP contribution in [0.4, 0.5) is 0 Å². The Hall–Kier alpha value is -2.28. The smallest absolute Gasteiger partial charge is 0.118 e. The summed E-state index contributed by atoms with van der Waals surface area (Å²) in [5.74, 6) is 0.891. The minimum absolute atomic E-state index is 0.891. The van der Waals surface area contributed by atoms with Crippen LogP contribution in [0.25, 0.3) is 11.1 Å². The van der Waals surface area contributed by atoms with Gasteiger partial charge in [-0.1, -0.05) is 54.1 Å². The van der Waals surface area contributed by atoms with Crippen LogP contribution < -0.4 is 4.74 Å². The van der Waals surface area contributed by atoms with E-state index < -0.39 is 0 Å². The molecular weight excluding hydrogens is 256 g/mol. The van der Waals surface area contributed by atoms with Crippen molar-refractivity contribution in [3.8, 4) is 5.75 Å². The van der Waals surface area contributed by atoms with Gasteiger partial charge < -0.3 is 4.74 Å². The molecule has 0 aromatic heterocycles. The number of hydrogen-bond donors (Lipinski definition) is 0. The van der Waals surface area contributed by atoms with Gasteiger partial charge in [0.25, 0.3) is 0 Å². The molecule has 1 nitrogen and oxygen atoms in total. The van der Waals surface area contributed by atoms with Crippen molar-refractivity contribution in [1.82, 2.24) is 0 Å². The average Bonchev–Trinajstić information content (AvgIpc) is 2.56. The predicted molar refractivity (Wildman–Crippen MR) is 89.0 cm³/mol. The van der Waals surface area contributed by atoms with E-state index in [2.05, 4.69) is 61.9 Å². The van der Waals surface area contributed by atoms with Crippen LogP contribution in [0.15, 0.2) is 60.7 Å². The fraction of sp³-hybridized carbons (Fsp3) is 0.150. The van der Waals surface area contributed by atoms with E-state index in [1.807, 2.05) is 12.1 Å². The maximum absolute atomic E-state index is 5.24. The summed E-state index contributed by atoms with van der Waals surface area (Å²) in [6.45, 7) is 2.12. The third-order valence-electron chi connectivity index (χ3n) is 3.80. The molecule has 3 rings (SSSR count). The van der Waals surface area contributed by atoms with Crippen LogP contribution in [0.2, 0.25) is 0 Å². The van der Waals surface area contributed by atoms with Crippen LogP contribution in [-0.4, -0.2) is 7.11 Å². The highest BCUT2D eigenvalue weighted by Crippen LogP contribution is 2.34. The monoisotopic (exact) mass is 275 g/mol. The highest BCUT2D eigenvalue weighted by atomic mass is 16.5. The Morgan fingerprint density at radius 1 is 0.810 bits per heavy atom. The molecule has 1 aliphatic carbocycles. The highest BCUT2D eigenvalue weighted by Gasteiger charge is 2.12. The largest absolute Gasteiger partial charge is 0.497 e. The predicted octanol–water partition coefficient (Wildman–Crippen LogP) is 5.08. The molecule has 0 bridgehead atoms. The van der Waals surface area contributed by atoms with Gasteiger partial charge in [-0.2, -0.15) is 0 Å². The van der Waals surface area contributed by atoms with Gasteiger partial charge >= 0.3 is 0 Å². The molecular formula is C20H19O. The van der Waals surface area contributed by atoms with Crippen molar-refractivity contribution >= 4 is 11.1 Å². The molecule has 105 valence electrons. The topological polar surface area (TPSA) is 9.23 Å². The van der Waals surface area contributed by atoms with Crippen molar-refractivity contribution in [1.29, 1.82) is 0 Å². The first kappa shape index (κ1) is 13.7. The van der Waals surface area contributed by atoms with Crippen LogP contribution in [0, 0.1) is 13.3 Å². The Bertz CT molecular complexity index is 673. The standard InChI is InChI=1S/C20H19O/c1-15-7-9-16(10-8-15)19-5-3-4-6-20(19)17-11-13-18(21-2)14-12-17/h3,5-14H,4H2,1-2H3. The Kier molecular flexibility index (Phi) is 3.92. The normalized spacial score (nSPS) is 14.4. The van der Waals surface area contributed by atoms with E-state index in [-0.39, 0.29) is 0 Å². The van der Waals surface area contributed by atoms with Gasteiger partial charge in [-0.25, -0.2) is 0 Å². The first-order valence-corrected chi connectivity index (χ1v) is 7.23. The Morgan fingerprint density at radius 3 is 2.10 bits per heavy atom. The second-order valence-electron chi connectivity index (χ2n) is 5.26. The molecule has 0 spiro atoms. The molecule has 0 aliphatic heterocycles. The van der Waals surface area contributed by atoms with E-state index >= 15 is 0 Å². The van der Waals surface area contributed by atoms with E-state index in [4.69, 9.17) is 4.74 Å². The van der Waals surface area contributed by atoms with Gasteiger partial charge in [-0.05, 0) is 54.2 Å². The maximum atomic E-state index is 5.24. The van der Waals surface area contributed by atoms with Crippen LogP contribution in [0.5, 0.6) is 5.75 Å². The maximum Gasteiger partial charge on any atom is 0.118 e. The molecule has 2 aromatic carbocycles. The summed E-state index contributed by atoms with van der Waals surface area (Å²) in [5, 5.41) is 0. The van der Waals surface area contributed by atoms with Gasteiger partial charge in [0.2, 0.25) is 0 Å². The molecule has 1 heteroatoms. The van der Waals surface area contributed by atoms with Gasteiger partial charge in [-0.3, -0.25) is 0 Å². The summed E-state index contributed by atoms with van der Waals surface area (Å²) in [4.78, 5) is 0. The van der Waals surface area contributed by atoms with Gasteiger partial charge in [0.1, 0.15) is 5.75 Å². The first-order chi connectivity index (χ1) is 10.3. The SMILES string of the molecule is COc1ccc(C2=C(c3ccc(C)cc3)C=CC[CH]2)cc1. The Balaban J connectivity index is 2.06. The molecule has 0 saturated carbocycles. The number of aryl methyl sites for hydroxylation is 1. The summed E-state index contributed by atoms with van der Waals surface area (Å²) < 4.78 is 5.24. The average molecular weight is 275 g/mol. The fourth-order valence-corrected chi connectivity index (χ4v) is 2.60. The molecule has 0 unspecified atom stereocenters. The lowest BCUT2D eigenvalue weighted by Gasteiger charge is -2.17. The van der Waals surface area contributed by atoms with E-state index in [1.54, 1.807) is 7.11 Å². The highest BCUT2D eigenvalue weighted by molar-refractivity contribution is 5.99. The van der Waals surface area contributed by atoms with E-state index in [9.17, 15) is 0 Å². The zero-order chi connectivity index (χ0) is 14.7. The quantitative estimate of drug-likeness (QED) is 0.759. The molecule has 0 saturated heterocycles. The van der Waals surface area contributed by atoms with Crippen LogP contribution in [0.3, 0.4) is 0 Å². The van der Waals surface area contributed by atoms with Crippen LogP contribution in [0.1, 0.15) is 23.1 Å². The molecule has 21 heavy (non-hydrogen) atoms. The number of allylic oxidation sites excluding steroid dienone is 4. The summed E-state index contributed by atoms with van der Waals surface area (Å²) in [5.41, 5.74) is 6.36. The molecule has 0 amide bonds. The number of benzene rings is 2. The molecule has 1 aliphatic rings. The van der Waals surface area contributed by atoms with E-state index in [1.165, 1.54) is 27.8 Å². The molecule has 1 radical (unpaired) electrons. The minimum atomic E-state index is 0.891. The third kappa shape index (κ3) is 2.92. The van der Waals surface area contributed by atoms with Gasteiger partial charge in [-0.15, -0.1) is 0 Å². The molecule has 0 heterocycles. The number of hydrogen-bond acceptors (Lipinski definition) is 1. The van der Waals surface area contributed by atoms with Crippen molar-refractivity contribution < 1.29 is 4.74 Å². The zero-order valence-electron chi connectivity index (χ0n) is 12.5. The number of rotatable bonds is 3. The van der Waals surface area contributed by atoms with Crippen molar-refractivity contribution in [2.24, 2.45) is 0 Å². The lowest BCUT2D eigenvalue weighted by atomic mass is 9.88. The van der Waals surface area contributed by atoms with Crippen LogP contribution in [-0.2, 0) is 0 Å². The van der Waals surface area contributed by atoms with Crippen molar-refractivity contribution in [3.05, 3.63) is 83.8 Å². The lowest BCUT2D eigenvalue weighted by Crippen LogP contribution is -1.96. The molecule has 2 aromatic rings. The molecule has 0 atom stereocenters. The van der Waals surface area contributed by atoms with Crippen molar-refractivity contribution in [3.63, 3.8) is 0 Å². The summed E-state index contributed by atoms with van der Waals surface area (Å²) in [7, 11) is 1.70. The summed E-state index contributed by atoms with van der Waals surface area (Å²) in [6.07, 6.45) is 7.71. The number of ether oxygens (including phenoxy) is 1. The van der Waals surface area contributed by atoms with Crippen LogP contribution >= 0.6 is 0 Å². The van der Waals surface area contributed by atoms with E-state index in [0.29, 0.717) is 0 Å². The third-order valence-corrected chi connectivity index (χ3v) is 3.80. The van der Waals surface area contributed by atoms with Gasteiger partial charge in [0.15, 0.2) is 0 Å². The molecule has 0 fully saturated rings. The molecule has 0 N–H and O–H groups in total. The zero-order valence-corrected chi connectivity index (χ0v) is 12.5. The van der Waals surface area contributed by atoms with E-state index in [0.717, 1.165) is 12.2 Å². The lowest BCUT2D eigenvalue weighted by molar-refractivity contribution is 0.415. The first-order valence-electron chi connectivity index (χ1n) is 7.23. The second-order valence-corrected chi connectivity index (χ2v) is 5.26. The number of methoxy groups -OCH3 is 1. The van der Waals surface area contributed by atoms with Crippen molar-refractivity contribution in [2.45, 2.75) is 13.3 Å². The second kappa shape index (κ2) is 6.01. The Morgan fingerprint density at radius 2 is 1.43 bits per heavy atom. The fourth-order valence-electron chi connectivity index (χ4n) is 2.60. The van der Waals surface area contributed by atoms with Crippen molar-refractivity contribution in [2.75, 3.05) is 7.11 Å². The summed E-state index contributed by atoms with van der Waals surface area (Å²) in [6, 6.07) is 17.0. The Labute approximate surface area is 126 Å². The van der Waals surface area contributed by atoms with Gasteiger partial charge in [0, 0.05) is 0 Å². The van der Waals surface area contributed by atoms with Gasteiger partial charge in [0.05, 0.1) is 7.11 Å². The minimum Gasteiger partial charge on any atom is -0.497 e. The summed E-state index contributed by atoms with van der Waals surface area (Å²) >= 11 is 0.